The van der Waals surface area contributed by atoms with Crippen LogP contribution in [0.3, 0.4) is 0 Å². The first-order chi connectivity index (χ1) is 16.7. The normalized spacial score (nSPS) is 46.1. The molecule has 0 bridgehead atoms. The van der Waals surface area contributed by atoms with Crippen molar-refractivity contribution in [2.75, 3.05) is 6.61 Å². The van der Waals surface area contributed by atoms with Crippen molar-refractivity contribution in [3.05, 3.63) is 0 Å². The number of rotatable bonds is 7. The summed E-state index contributed by atoms with van der Waals surface area (Å²) in [6, 6.07) is 0. The first-order valence-electron chi connectivity index (χ1n) is 16.0. The van der Waals surface area contributed by atoms with Gasteiger partial charge in [0.2, 0.25) is 0 Å². The van der Waals surface area contributed by atoms with Crippen molar-refractivity contribution in [1.29, 1.82) is 0 Å². The van der Waals surface area contributed by atoms with Crippen LogP contribution >= 0.6 is 0 Å². The van der Waals surface area contributed by atoms with Crippen molar-refractivity contribution in [2.45, 2.75) is 144 Å². The highest BCUT2D eigenvalue weighted by Gasteiger charge is 2.65. The van der Waals surface area contributed by atoms with E-state index in [9.17, 15) is 5.11 Å². The highest BCUT2D eigenvalue weighted by molar-refractivity contribution is 6.74. The Hall–Kier alpha value is 0.137. The summed E-state index contributed by atoms with van der Waals surface area (Å²) in [4.78, 5) is 0. The van der Waals surface area contributed by atoms with Gasteiger partial charge in [0, 0.05) is 6.61 Å². The maximum Gasteiger partial charge on any atom is 0.192 e. The highest BCUT2D eigenvalue weighted by Crippen LogP contribution is 2.70. The van der Waals surface area contributed by atoms with E-state index in [1.165, 1.54) is 57.8 Å². The molecule has 3 unspecified atom stereocenters. The fraction of sp³-hybridized carbons (Fsp3) is 1.00. The fourth-order valence-electron chi connectivity index (χ4n) is 10.4. The standard InChI is InChI=1S/C33H62O2Si/c1-11-24-28-21-22(2)16-18-33(28,8)27-17-19-32(7)25(23(3)13-12-20-34)14-15-26(32)29(27)30(24)35-36(9,10)31(4,5)6/h22-30,34H,11-21H2,1-10H3/t22-,23-,24-,25-,26?,27?,28+,29?,30-,32-,33-/m1/s1. The van der Waals surface area contributed by atoms with E-state index < -0.39 is 8.32 Å². The fourth-order valence-corrected chi connectivity index (χ4v) is 11.8. The molecule has 0 heterocycles. The van der Waals surface area contributed by atoms with Crippen LogP contribution in [-0.2, 0) is 4.43 Å². The number of hydrogen-bond donors (Lipinski definition) is 1. The van der Waals surface area contributed by atoms with Crippen LogP contribution in [0.25, 0.3) is 0 Å². The van der Waals surface area contributed by atoms with E-state index in [2.05, 4.69) is 68.5 Å². The number of aliphatic hydroxyl groups excluding tert-OH is 1. The second-order valence-corrected chi connectivity index (χ2v) is 21.0. The molecule has 4 aliphatic carbocycles. The topological polar surface area (TPSA) is 29.5 Å². The Labute approximate surface area is 226 Å². The molecule has 210 valence electrons. The van der Waals surface area contributed by atoms with Crippen LogP contribution in [0.5, 0.6) is 0 Å². The van der Waals surface area contributed by atoms with E-state index in [4.69, 9.17) is 4.43 Å². The third kappa shape index (κ3) is 4.72. The number of hydrogen-bond acceptors (Lipinski definition) is 2. The molecule has 11 atom stereocenters. The Morgan fingerprint density at radius 1 is 0.972 bits per heavy atom. The molecule has 3 heteroatoms. The zero-order chi connectivity index (χ0) is 26.7. The second-order valence-electron chi connectivity index (χ2n) is 16.3. The third-order valence-corrected chi connectivity index (χ3v) is 17.9. The lowest BCUT2D eigenvalue weighted by atomic mass is 9.41. The second kappa shape index (κ2) is 10.3. The molecule has 2 nitrogen and oxygen atoms in total. The highest BCUT2D eigenvalue weighted by atomic mass is 28.4. The maximum absolute atomic E-state index is 9.52. The lowest BCUT2D eigenvalue weighted by Crippen LogP contribution is -2.64. The minimum absolute atomic E-state index is 0.260. The van der Waals surface area contributed by atoms with Crippen molar-refractivity contribution in [2.24, 2.45) is 58.2 Å². The van der Waals surface area contributed by atoms with Gasteiger partial charge in [0.15, 0.2) is 8.32 Å². The Kier molecular flexibility index (Phi) is 8.31. The summed E-state index contributed by atoms with van der Waals surface area (Å²) in [6.07, 6.45) is 13.9. The van der Waals surface area contributed by atoms with E-state index in [1.54, 1.807) is 0 Å². The van der Waals surface area contributed by atoms with Crippen molar-refractivity contribution in [1.82, 2.24) is 0 Å². The summed E-state index contributed by atoms with van der Waals surface area (Å²) in [5.74, 6) is 6.39. The van der Waals surface area contributed by atoms with Crippen LogP contribution in [0.15, 0.2) is 0 Å². The van der Waals surface area contributed by atoms with Gasteiger partial charge in [0.25, 0.3) is 0 Å². The Morgan fingerprint density at radius 3 is 2.22 bits per heavy atom. The molecule has 0 aliphatic heterocycles. The van der Waals surface area contributed by atoms with Crippen LogP contribution in [0.4, 0.5) is 0 Å². The van der Waals surface area contributed by atoms with Crippen LogP contribution in [0, 0.1) is 58.2 Å². The van der Waals surface area contributed by atoms with E-state index in [1.807, 2.05) is 0 Å². The molecule has 0 amide bonds. The van der Waals surface area contributed by atoms with Crippen molar-refractivity contribution < 1.29 is 9.53 Å². The van der Waals surface area contributed by atoms with Gasteiger partial charge < -0.3 is 9.53 Å². The number of aliphatic hydroxyl groups is 1. The summed E-state index contributed by atoms with van der Waals surface area (Å²) in [6.45, 7) is 25.6. The van der Waals surface area contributed by atoms with Crippen LogP contribution in [-0.4, -0.2) is 26.1 Å². The molecule has 0 saturated heterocycles. The monoisotopic (exact) mass is 518 g/mol. The SMILES string of the molecule is CC[C@H]1[C@@H](O[Si](C)(C)C(C)(C)C)C2C3CC[C@H]([C@H](C)CCCO)[C@@]3(C)CCC2[C@@]2(C)CC[C@@H](C)C[C@@H]12. The molecule has 4 saturated carbocycles. The van der Waals surface area contributed by atoms with Gasteiger partial charge in [-0.25, -0.2) is 0 Å². The van der Waals surface area contributed by atoms with E-state index in [-0.39, 0.29) is 5.04 Å². The molecular weight excluding hydrogens is 456 g/mol. The quantitative estimate of drug-likeness (QED) is 0.340. The van der Waals surface area contributed by atoms with Gasteiger partial charge in [-0.1, -0.05) is 68.2 Å². The van der Waals surface area contributed by atoms with Gasteiger partial charge in [-0.2, -0.15) is 0 Å². The van der Waals surface area contributed by atoms with E-state index >= 15 is 0 Å². The Balaban J connectivity index is 1.75. The van der Waals surface area contributed by atoms with Gasteiger partial charge in [-0.05, 0) is 128 Å². The molecule has 0 aromatic heterocycles. The summed E-state index contributed by atoms with van der Waals surface area (Å²) in [5.41, 5.74) is 0.960. The van der Waals surface area contributed by atoms with Gasteiger partial charge in [-0.3, -0.25) is 0 Å². The molecule has 0 aromatic carbocycles. The van der Waals surface area contributed by atoms with Crippen molar-refractivity contribution in [3.8, 4) is 0 Å². The van der Waals surface area contributed by atoms with E-state index in [0.717, 1.165) is 53.8 Å². The average molecular weight is 519 g/mol. The van der Waals surface area contributed by atoms with Crippen LogP contribution in [0.1, 0.15) is 120 Å². The van der Waals surface area contributed by atoms with E-state index in [0.29, 0.717) is 23.5 Å². The Bertz CT molecular complexity index is 757. The first-order valence-corrected chi connectivity index (χ1v) is 18.9. The smallest absolute Gasteiger partial charge is 0.192 e. The average Bonchev–Trinajstić information content (AvgIpc) is 3.15. The summed E-state index contributed by atoms with van der Waals surface area (Å²) >= 11 is 0. The minimum Gasteiger partial charge on any atom is -0.413 e. The van der Waals surface area contributed by atoms with Crippen LogP contribution < -0.4 is 0 Å². The summed E-state index contributed by atoms with van der Waals surface area (Å²) < 4.78 is 7.67. The lowest BCUT2D eigenvalue weighted by Gasteiger charge is -2.66. The summed E-state index contributed by atoms with van der Waals surface area (Å²) in [5, 5.41) is 9.78. The van der Waals surface area contributed by atoms with Crippen LogP contribution in [0.2, 0.25) is 18.1 Å². The maximum atomic E-state index is 9.52. The predicted octanol–water partition coefficient (Wildman–Crippen LogP) is 9.33. The molecule has 4 fully saturated rings. The third-order valence-electron chi connectivity index (χ3n) is 13.5. The van der Waals surface area contributed by atoms with Gasteiger partial charge in [0.1, 0.15) is 0 Å². The number of fused-ring (bicyclic) bond motifs is 5. The molecule has 0 aromatic rings. The first kappa shape index (κ1) is 29.1. The van der Waals surface area contributed by atoms with Gasteiger partial charge in [0.05, 0.1) is 6.10 Å². The molecule has 0 radical (unpaired) electrons. The lowest BCUT2D eigenvalue weighted by molar-refractivity contribution is -0.194. The predicted molar refractivity (Wildman–Crippen MR) is 156 cm³/mol. The minimum atomic E-state index is -1.88. The zero-order valence-corrected chi connectivity index (χ0v) is 26.8. The molecule has 1 N–H and O–H groups in total. The molecule has 4 aliphatic rings. The zero-order valence-electron chi connectivity index (χ0n) is 25.8. The van der Waals surface area contributed by atoms with Gasteiger partial charge in [-0.15, -0.1) is 0 Å². The molecule has 4 rings (SSSR count). The molecule has 36 heavy (non-hydrogen) atoms. The van der Waals surface area contributed by atoms with Crippen molar-refractivity contribution in [3.63, 3.8) is 0 Å². The van der Waals surface area contributed by atoms with Crippen molar-refractivity contribution >= 4 is 8.32 Å². The largest absolute Gasteiger partial charge is 0.413 e. The van der Waals surface area contributed by atoms with Gasteiger partial charge >= 0.3 is 0 Å². The Morgan fingerprint density at radius 2 is 1.61 bits per heavy atom. The molecular formula is C33H62O2Si. The molecule has 0 spiro atoms. The summed E-state index contributed by atoms with van der Waals surface area (Å²) in [7, 11) is -1.88.